The summed E-state index contributed by atoms with van der Waals surface area (Å²) in [6, 6.07) is 25.7. The predicted molar refractivity (Wildman–Crippen MR) is 122 cm³/mol. The van der Waals surface area contributed by atoms with Crippen molar-refractivity contribution in [1.82, 2.24) is 10.5 Å². The van der Waals surface area contributed by atoms with Crippen molar-refractivity contribution >= 4 is 22.5 Å². The van der Waals surface area contributed by atoms with Crippen molar-refractivity contribution < 1.29 is 15.1 Å². The summed E-state index contributed by atoms with van der Waals surface area (Å²) in [6.07, 6.45) is 0.0707. The Hall–Kier alpha value is -3.74. The van der Waals surface area contributed by atoms with Gasteiger partial charge in [-0.05, 0) is 41.0 Å². The molecule has 156 valence electrons. The Labute approximate surface area is 180 Å². The van der Waals surface area contributed by atoms with E-state index in [0.29, 0.717) is 6.54 Å². The lowest BCUT2D eigenvalue weighted by molar-refractivity contribution is -0.128. The molecule has 3 aromatic carbocycles. The van der Waals surface area contributed by atoms with E-state index in [4.69, 9.17) is 15.3 Å². The molecule has 6 heteroatoms. The van der Waals surface area contributed by atoms with E-state index in [2.05, 4.69) is 5.32 Å². The molecule has 0 saturated carbocycles. The third-order valence-corrected chi connectivity index (χ3v) is 5.12. The van der Waals surface area contributed by atoms with Gasteiger partial charge in [0.2, 0.25) is 5.91 Å². The van der Waals surface area contributed by atoms with Crippen LogP contribution in [0, 0.1) is 0 Å². The molecular weight excluding hydrogens is 390 g/mol. The van der Waals surface area contributed by atoms with Crippen LogP contribution in [0.25, 0.3) is 33.3 Å². The highest BCUT2D eigenvalue weighted by molar-refractivity contribution is 5.90. The van der Waals surface area contributed by atoms with Gasteiger partial charge in [0, 0.05) is 23.2 Å². The number of hydrogen-bond donors (Lipinski definition) is 4. The molecule has 6 nitrogen and oxygen atoms in total. The summed E-state index contributed by atoms with van der Waals surface area (Å²) in [4.78, 5) is 16.5. The van der Waals surface area contributed by atoms with Crippen LogP contribution >= 0.6 is 0 Å². The minimum absolute atomic E-state index is 0.0707. The van der Waals surface area contributed by atoms with Crippen LogP contribution in [-0.2, 0) is 11.2 Å². The van der Waals surface area contributed by atoms with Crippen molar-refractivity contribution in [2.45, 2.75) is 6.42 Å². The van der Waals surface area contributed by atoms with E-state index >= 15 is 0 Å². The van der Waals surface area contributed by atoms with Crippen molar-refractivity contribution in [3.8, 4) is 22.4 Å². The molecule has 4 aromatic rings. The van der Waals surface area contributed by atoms with Gasteiger partial charge >= 0.3 is 0 Å². The van der Waals surface area contributed by atoms with Crippen molar-refractivity contribution in [2.75, 3.05) is 18.5 Å². The first-order valence-electron chi connectivity index (χ1n) is 10.0. The standard InChI is InChI=1S/C25H23N3O3/c29-14-13-26-21-11-9-18(10-12-21)17-5-7-19(8-6-17)24-15-20(16-25(30)28-31)22-3-1-2-4-23(22)27-24/h1-12,15,26,29,31H,13-14,16H2,(H,28,30). The molecule has 0 bridgehead atoms. The monoisotopic (exact) mass is 413 g/mol. The number of carbonyl (C=O) groups is 1. The fourth-order valence-corrected chi connectivity index (χ4v) is 3.57. The van der Waals surface area contributed by atoms with E-state index in [0.717, 1.165) is 44.5 Å². The molecule has 1 heterocycles. The van der Waals surface area contributed by atoms with Gasteiger partial charge in [-0.2, -0.15) is 0 Å². The zero-order valence-corrected chi connectivity index (χ0v) is 16.9. The smallest absolute Gasteiger partial charge is 0.247 e. The summed E-state index contributed by atoms with van der Waals surface area (Å²) >= 11 is 0. The van der Waals surface area contributed by atoms with Crippen LogP contribution < -0.4 is 10.8 Å². The van der Waals surface area contributed by atoms with E-state index in [1.807, 2.05) is 78.9 Å². The van der Waals surface area contributed by atoms with Gasteiger partial charge in [0.15, 0.2) is 0 Å². The zero-order valence-electron chi connectivity index (χ0n) is 16.9. The number of nitrogens with one attached hydrogen (secondary N) is 2. The minimum Gasteiger partial charge on any atom is -0.395 e. The number of fused-ring (bicyclic) bond motifs is 1. The first-order valence-corrected chi connectivity index (χ1v) is 10.0. The molecule has 0 radical (unpaired) electrons. The topological polar surface area (TPSA) is 94.5 Å². The third kappa shape index (κ3) is 4.71. The Morgan fingerprint density at radius 2 is 1.52 bits per heavy atom. The molecule has 0 aliphatic carbocycles. The van der Waals surface area contributed by atoms with Gasteiger partial charge in [-0.3, -0.25) is 10.0 Å². The second kappa shape index (κ2) is 9.38. The number of rotatable bonds is 7. The second-order valence-electron chi connectivity index (χ2n) is 7.20. The average molecular weight is 413 g/mol. The van der Waals surface area contributed by atoms with Crippen LogP contribution in [0.2, 0.25) is 0 Å². The maximum atomic E-state index is 11.8. The number of nitrogens with zero attached hydrogens (tertiary/aromatic N) is 1. The number of carbonyl (C=O) groups excluding carboxylic acids is 1. The highest BCUT2D eigenvalue weighted by Gasteiger charge is 2.11. The normalized spacial score (nSPS) is 10.8. The Kier molecular flexibility index (Phi) is 6.21. The van der Waals surface area contributed by atoms with Crippen molar-refractivity contribution in [2.24, 2.45) is 0 Å². The summed E-state index contributed by atoms with van der Waals surface area (Å²) in [5.74, 6) is -0.463. The molecule has 4 N–H and O–H groups in total. The Bertz CT molecular complexity index is 1190. The van der Waals surface area contributed by atoms with Gasteiger partial charge in [-0.25, -0.2) is 10.5 Å². The van der Waals surface area contributed by atoms with E-state index in [1.54, 1.807) is 5.48 Å². The lowest BCUT2D eigenvalue weighted by Crippen LogP contribution is -2.20. The quantitative estimate of drug-likeness (QED) is 0.271. The molecule has 0 aliphatic rings. The maximum absolute atomic E-state index is 11.8. The minimum atomic E-state index is -0.463. The van der Waals surface area contributed by atoms with E-state index < -0.39 is 5.91 Å². The van der Waals surface area contributed by atoms with Gasteiger partial charge < -0.3 is 10.4 Å². The van der Waals surface area contributed by atoms with Gasteiger partial charge in [0.25, 0.3) is 0 Å². The highest BCUT2D eigenvalue weighted by atomic mass is 16.5. The zero-order chi connectivity index (χ0) is 21.6. The largest absolute Gasteiger partial charge is 0.395 e. The van der Waals surface area contributed by atoms with Crippen LogP contribution in [0.15, 0.2) is 78.9 Å². The second-order valence-corrected chi connectivity index (χ2v) is 7.20. The molecule has 31 heavy (non-hydrogen) atoms. The molecule has 0 fully saturated rings. The summed E-state index contributed by atoms with van der Waals surface area (Å²) in [7, 11) is 0. The Morgan fingerprint density at radius 3 is 2.19 bits per heavy atom. The number of amides is 1. The molecular formula is C25H23N3O3. The maximum Gasteiger partial charge on any atom is 0.247 e. The number of benzene rings is 3. The molecule has 0 saturated heterocycles. The van der Waals surface area contributed by atoms with Crippen molar-refractivity contribution in [1.29, 1.82) is 0 Å². The summed E-state index contributed by atoms with van der Waals surface area (Å²) in [5.41, 5.74) is 8.17. The Morgan fingerprint density at radius 1 is 0.871 bits per heavy atom. The molecule has 1 amide bonds. The lowest BCUT2D eigenvalue weighted by Gasteiger charge is -2.10. The number of aromatic nitrogens is 1. The van der Waals surface area contributed by atoms with Crippen molar-refractivity contribution in [3.05, 3.63) is 84.4 Å². The summed E-state index contributed by atoms with van der Waals surface area (Å²) < 4.78 is 0. The van der Waals surface area contributed by atoms with Crippen molar-refractivity contribution in [3.63, 3.8) is 0 Å². The number of hydrogen-bond acceptors (Lipinski definition) is 5. The van der Waals surface area contributed by atoms with Crippen LogP contribution in [0.3, 0.4) is 0 Å². The summed E-state index contributed by atoms with van der Waals surface area (Å²) in [5, 5.41) is 21.9. The lowest BCUT2D eigenvalue weighted by atomic mass is 9.99. The number of aliphatic hydroxyl groups is 1. The SMILES string of the molecule is O=C(Cc1cc(-c2ccc(-c3ccc(NCCO)cc3)cc2)nc2ccccc12)NO. The Balaban J connectivity index is 1.63. The molecule has 0 atom stereocenters. The van der Waals surface area contributed by atoms with E-state index in [-0.39, 0.29) is 13.0 Å². The number of para-hydroxylation sites is 1. The molecule has 0 aliphatic heterocycles. The highest BCUT2D eigenvalue weighted by Crippen LogP contribution is 2.28. The van der Waals surface area contributed by atoms with Gasteiger partial charge in [-0.1, -0.05) is 54.6 Å². The predicted octanol–water partition coefficient (Wildman–Crippen LogP) is 4.02. The average Bonchev–Trinajstić information content (AvgIpc) is 2.83. The van der Waals surface area contributed by atoms with E-state index in [1.165, 1.54) is 0 Å². The fourth-order valence-electron chi connectivity index (χ4n) is 3.57. The first-order chi connectivity index (χ1) is 15.2. The third-order valence-electron chi connectivity index (χ3n) is 5.12. The van der Waals surface area contributed by atoms with Gasteiger partial charge in [0.05, 0.1) is 24.2 Å². The number of aliphatic hydroxyl groups excluding tert-OH is 1. The number of anilines is 1. The molecule has 1 aromatic heterocycles. The van der Waals surface area contributed by atoms with Gasteiger partial charge in [-0.15, -0.1) is 0 Å². The van der Waals surface area contributed by atoms with Gasteiger partial charge in [0.1, 0.15) is 0 Å². The van der Waals surface area contributed by atoms with Crippen LogP contribution in [-0.4, -0.2) is 34.4 Å². The van der Waals surface area contributed by atoms with E-state index in [9.17, 15) is 4.79 Å². The number of hydroxylamine groups is 1. The summed E-state index contributed by atoms with van der Waals surface area (Å²) in [6.45, 7) is 0.618. The van der Waals surface area contributed by atoms with Crippen LogP contribution in [0.4, 0.5) is 5.69 Å². The molecule has 0 spiro atoms. The van der Waals surface area contributed by atoms with Crippen LogP contribution in [0.1, 0.15) is 5.56 Å². The number of pyridine rings is 1. The molecule has 4 rings (SSSR count). The van der Waals surface area contributed by atoms with Crippen LogP contribution in [0.5, 0.6) is 0 Å². The fraction of sp³-hybridized carbons (Fsp3) is 0.120. The molecule has 0 unspecified atom stereocenters. The first kappa shape index (κ1) is 20.5.